The molecule has 0 radical (unpaired) electrons. The van der Waals surface area contributed by atoms with Crippen LogP contribution in [-0.2, 0) is 11.3 Å². The van der Waals surface area contributed by atoms with Gasteiger partial charge in [-0.3, -0.25) is 5.10 Å². The predicted molar refractivity (Wildman–Crippen MR) is 80.1 cm³/mol. The van der Waals surface area contributed by atoms with Crippen LogP contribution in [0.1, 0.15) is 22.7 Å². The van der Waals surface area contributed by atoms with Crippen molar-refractivity contribution in [1.82, 2.24) is 10.2 Å². The number of rotatable bonds is 3. The Hall–Kier alpha value is -2.49. The van der Waals surface area contributed by atoms with E-state index in [1.165, 1.54) is 0 Å². The smallest absolute Gasteiger partial charge is 0.244 e. The molecule has 22 heavy (non-hydrogen) atoms. The molecule has 7 heteroatoms. The molecule has 1 atom stereocenters. The lowest BCUT2D eigenvalue weighted by atomic mass is 9.84. The number of aromatic nitrogens is 2. The number of ether oxygens (including phenoxy) is 2. The number of methoxy groups -OCH3 is 1. The molecule has 3 rings (SSSR count). The first kappa shape index (κ1) is 14.4. The van der Waals surface area contributed by atoms with Crippen LogP contribution in [0.15, 0.2) is 35.7 Å². The maximum absolute atomic E-state index is 9.48. The van der Waals surface area contributed by atoms with Crippen LogP contribution in [0.25, 0.3) is 0 Å². The second-order valence-electron chi connectivity index (χ2n) is 4.83. The monoisotopic (exact) mass is 316 g/mol. The van der Waals surface area contributed by atoms with E-state index in [1.807, 2.05) is 12.1 Å². The number of H-pyrrole nitrogens is 1. The molecular formula is C15H13ClN4O2. The third-order valence-electron chi connectivity index (χ3n) is 3.51. The van der Waals surface area contributed by atoms with Crippen molar-refractivity contribution in [2.75, 3.05) is 7.11 Å². The van der Waals surface area contributed by atoms with E-state index >= 15 is 0 Å². The van der Waals surface area contributed by atoms with Crippen LogP contribution in [0, 0.1) is 11.3 Å². The first-order chi connectivity index (χ1) is 10.7. The average molecular weight is 317 g/mol. The lowest BCUT2D eigenvalue weighted by Gasteiger charge is -2.24. The van der Waals surface area contributed by atoms with Crippen molar-refractivity contribution in [2.24, 2.45) is 5.73 Å². The summed E-state index contributed by atoms with van der Waals surface area (Å²) in [4.78, 5) is 0. The Morgan fingerprint density at radius 1 is 1.45 bits per heavy atom. The molecule has 1 aliphatic rings. The average Bonchev–Trinajstić information content (AvgIpc) is 2.90. The first-order valence-corrected chi connectivity index (χ1v) is 6.92. The number of fused-ring (bicyclic) bond motifs is 1. The highest BCUT2D eigenvalue weighted by atomic mass is 35.5. The Balaban J connectivity index is 2.19. The Labute approximate surface area is 132 Å². The normalized spacial score (nSPS) is 16.9. The molecule has 3 N–H and O–H groups in total. The zero-order valence-corrected chi connectivity index (χ0v) is 12.5. The molecule has 0 amide bonds. The SMILES string of the molecule is COCc1[nH]nc2c1[C@@H](c1ccc(Cl)cc1)C(C#N)=C(N)O2. The summed E-state index contributed by atoms with van der Waals surface area (Å²) in [5, 5.41) is 17.1. The van der Waals surface area contributed by atoms with E-state index in [-0.39, 0.29) is 11.8 Å². The van der Waals surface area contributed by atoms with E-state index in [9.17, 15) is 5.26 Å². The quantitative estimate of drug-likeness (QED) is 0.906. The number of nitriles is 1. The van der Waals surface area contributed by atoms with E-state index in [0.717, 1.165) is 16.8 Å². The van der Waals surface area contributed by atoms with Gasteiger partial charge in [-0.25, -0.2) is 0 Å². The van der Waals surface area contributed by atoms with Crippen molar-refractivity contribution in [3.8, 4) is 11.9 Å². The number of allylic oxidation sites excluding steroid dienone is 1. The lowest BCUT2D eigenvalue weighted by Crippen LogP contribution is -2.21. The minimum atomic E-state index is -0.366. The highest BCUT2D eigenvalue weighted by Crippen LogP contribution is 2.42. The molecule has 2 aromatic rings. The Kier molecular flexibility index (Phi) is 3.75. The first-order valence-electron chi connectivity index (χ1n) is 6.54. The van der Waals surface area contributed by atoms with Gasteiger partial charge in [0.25, 0.3) is 0 Å². The molecule has 1 aromatic carbocycles. The highest BCUT2D eigenvalue weighted by molar-refractivity contribution is 6.30. The van der Waals surface area contributed by atoms with Gasteiger partial charge in [0.1, 0.15) is 11.6 Å². The number of aromatic amines is 1. The van der Waals surface area contributed by atoms with Crippen molar-refractivity contribution in [2.45, 2.75) is 12.5 Å². The van der Waals surface area contributed by atoms with Gasteiger partial charge < -0.3 is 15.2 Å². The largest absolute Gasteiger partial charge is 0.420 e. The third-order valence-corrected chi connectivity index (χ3v) is 3.76. The second kappa shape index (κ2) is 5.72. The Morgan fingerprint density at radius 2 is 2.18 bits per heavy atom. The molecule has 112 valence electrons. The molecule has 0 bridgehead atoms. The summed E-state index contributed by atoms with van der Waals surface area (Å²) >= 11 is 5.94. The zero-order valence-electron chi connectivity index (χ0n) is 11.8. The number of hydrogen-bond donors (Lipinski definition) is 2. The predicted octanol–water partition coefficient (Wildman–Crippen LogP) is 2.43. The number of nitrogens with one attached hydrogen (secondary N) is 1. The number of hydrogen-bond acceptors (Lipinski definition) is 5. The molecule has 0 unspecified atom stereocenters. The van der Waals surface area contributed by atoms with E-state index < -0.39 is 0 Å². The molecule has 0 aliphatic carbocycles. The van der Waals surface area contributed by atoms with Crippen LogP contribution in [-0.4, -0.2) is 17.3 Å². The van der Waals surface area contributed by atoms with Crippen LogP contribution in [0.4, 0.5) is 0 Å². The topological polar surface area (TPSA) is 97.0 Å². The van der Waals surface area contributed by atoms with Gasteiger partial charge in [-0.05, 0) is 17.7 Å². The van der Waals surface area contributed by atoms with Gasteiger partial charge in [0.05, 0.1) is 23.8 Å². The standard InChI is InChI=1S/C15H13ClN4O2/c1-21-7-11-13-12(8-2-4-9(16)5-3-8)10(6-17)14(18)22-15(13)20-19-11/h2-5,12H,7,18H2,1H3,(H,19,20)/t12-/m0/s1. The number of halogens is 1. The molecule has 0 saturated carbocycles. The molecule has 0 saturated heterocycles. The highest BCUT2D eigenvalue weighted by Gasteiger charge is 2.35. The summed E-state index contributed by atoms with van der Waals surface area (Å²) < 4.78 is 10.6. The van der Waals surface area contributed by atoms with Crippen molar-refractivity contribution in [1.29, 1.82) is 5.26 Å². The van der Waals surface area contributed by atoms with Gasteiger partial charge in [-0.2, -0.15) is 5.26 Å². The van der Waals surface area contributed by atoms with Crippen LogP contribution < -0.4 is 10.5 Å². The van der Waals surface area contributed by atoms with Gasteiger partial charge in [0.2, 0.25) is 11.8 Å². The minimum absolute atomic E-state index is 0.0606. The van der Waals surface area contributed by atoms with Crippen LogP contribution in [0.5, 0.6) is 5.88 Å². The fourth-order valence-corrected chi connectivity index (χ4v) is 2.68. The molecule has 6 nitrogen and oxygen atoms in total. The zero-order chi connectivity index (χ0) is 15.7. The lowest BCUT2D eigenvalue weighted by molar-refractivity contribution is 0.180. The van der Waals surface area contributed by atoms with Crippen molar-refractivity contribution in [3.63, 3.8) is 0 Å². The summed E-state index contributed by atoms with van der Waals surface area (Å²) in [5.41, 5.74) is 8.60. The fraction of sp³-hybridized carbons (Fsp3) is 0.200. The van der Waals surface area contributed by atoms with E-state index in [0.29, 0.717) is 23.1 Å². The van der Waals surface area contributed by atoms with E-state index in [1.54, 1.807) is 19.2 Å². The van der Waals surface area contributed by atoms with Crippen LogP contribution in [0.2, 0.25) is 5.02 Å². The summed E-state index contributed by atoms with van der Waals surface area (Å²) in [6.45, 7) is 0.328. The number of nitrogens with two attached hydrogens (primary N) is 1. The number of benzene rings is 1. The summed E-state index contributed by atoms with van der Waals surface area (Å²) in [6.07, 6.45) is 0. The van der Waals surface area contributed by atoms with E-state index in [2.05, 4.69) is 16.3 Å². The van der Waals surface area contributed by atoms with Gasteiger partial charge in [-0.15, -0.1) is 5.10 Å². The third kappa shape index (κ3) is 2.30. The van der Waals surface area contributed by atoms with Crippen molar-refractivity contribution >= 4 is 11.6 Å². The molecule has 0 fully saturated rings. The molecular weight excluding hydrogens is 304 g/mol. The van der Waals surface area contributed by atoms with E-state index in [4.69, 9.17) is 26.8 Å². The van der Waals surface area contributed by atoms with Gasteiger partial charge in [-0.1, -0.05) is 23.7 Å². The fourth-order valence-electron chi connectivity index (χ4n) is 2.55. The summed E-state index contributed by atoms with van der Waals surface area (Å²) in [6, 6.07) is 9.39. The maximum Gasteiger partial charge on any atom is 0.244 e. The van der Waals surface area contributed by atoms with Crippen LogP contribution >= 0.6 is 11.6 Å². The summed E-state index contributed by atoms with van der Waals surface area (Å²) in [5.74, 6) is 0.0591. The molecule has 1 aromatic heterocycles. The minimum Gasteiger partial charge on any atom is -0.420 e. The van der Waals surface area contributed by atoms with Crippen molar-refractivity contribution < 1.29 is 9.47 Å². The molecule has 2 heterocycles. The summed E-state index contributed by atoms with van der Waals surface area (Å²) in [7, 11) is 1.59. The Bertz CT molecular complexity index is 774. The van der Waals surface area contributed by atoms with Crippen LogP contribution in [0.3, 0.4) is 0 Å². The molecule has 1 aliphatic heterocycles. The Morgan fingerprint density at radius 3 is 2.82 bits per heavy atom. The van der Waals surface area contributed by atoms with Gasteiger partial charge in [0.15, 0.2) is 0 Å². The van der Waals surface area contributed by atoms with Crippen molar-refractivity contribution in [3.05, 3.63) is 57.6 Å². The maximum atomic E-state index is 9.48. The van der Waals surface area contributed by atoms with Gasteiger partial charge >= 0.3 is 0 Å². The second-order valence-corrected chi connectivity index (χ2v) is 5.27. The number of nitrogens with zero attached hydrogens (tertiary/aromatic N) is 2. The molecule has 0 spiro atoms. The van der Waals surface area contributed by atoms with Gasteiger partial charge in [0, 0.05) is 12.1 Å².